The number of hydrogen-bond donors (Lipinski definition) is 0. The molecule has 4 aromatic rings. The number of methoxy groups -OCH3 is 1. The molecular weight excluding hydrogens is 493 g/mol. The molecule has 7 nitrogen and oxygen atoms in total. The van der Waals surface area contributed by atoms with E-state index in [-0.39, 0.29) is 11.9 Å². The standard InChI is InChI=1S/C31H32FN5O2/c1-39-26-11-19(31(38)36-15-20-7-18-10-24(36)27(18)20)8-23-28(26)37(22-12-21(32)13-22)30(34-23)25-9-17-3-2-6-33-29(17)35(25)14-16-4-5-16/h2-3,6,8-9,11,16,18,20-22,24,27H,4-5,7,10,12-15H2,1H3/t18?,20-,21-,22-,24-,27-/m1/s1. The summed E-state index contributed by atoms with van der Waals surface area (Å²) in [5, 5.41) is 1.08. The summed E-state index contributed by atoms with van der Waals surface area (Å²) in [4.78, 5) is 25.8. The van der Waals surface area contributed by atoms with E-state index in [1.54, 1.807) is 7.11 Å². The van der Waals surface area contributed by atoms with Crippen LogP contribution in [0.2, 0.25) is 0 Å². The molecule has 4 atom stereocenters. The molecule has 39 heavy (non-hydrogen) atoms. The Morgan fingerprint density at radius 3 is 2.74 bits per heavy atom. The number of likely N-dealkylation sites (tertiary alicyclic amines) is 1. The summed E-state index contributed by atoms with van der Waals surface area (Å²) < 4.78 is 24.6. The maximum atomic E-state index is 14.2. The van der Waals surface area contributed by atoms with Crippen molar-refractivity contribution in [3.63, 3.8) is 0 Å². The maximum Gasteiger partial charge on any atom is 0.254 e. The van der Waals surface area contributed by atoms with Gasteiger partial charge in [-0.2, -0.15) is 0 Å². The zero-order valence-corrected chi connectivity index (χ0v) is 22.1. The number of amides is 1. The highest BCUT2D eigenvalue weighted by molar-refractivity contribution is 6.00. The van der Waals surface area contributed by atoms with Crippen LogP contribution in [0.1, 0.15) is 54.9 Å². The molecule has 0 bridgehead atoms. The molecule has 4 aliphatic carbocycles. The van der Waals surface area contributed by atoms with Crippen LogP contribution >= 0.6 is 0 Å². The van der Waals surface area contributed by atoms with Gasteiger partial charge in [-0.3, -0.25) is 4.79 Å². The molecule has 0 radical (unpaired) electrons. The van der Waals surface area contributed by atoms with Gasteiger partial charge in [-0.1, -0.05) is 0 Å². The van der Waals surface area contributed by atoms with Gasteiger partial charge in [0.1, 0.15) is 23.1 Å². The van der Waals surface area contributed by atoms with Crippen LogP contribution in [0.15, 0.2) is 36.5 Å². The summed E-state index contributed by atoms with van der Waals surface area (Å²) in [6.45, 7) is 1.77. The van der Waals surface area contributed by atoms with Crippen molar-refractivity contribution in [2.45, 2.75) is 63.3 Å². The van der Waals surface area contributed by atoms with E-state index in [1.165, 1.54) is 19.3 Å². The fourth-order valence-corrected chi connectivity index (χ4v) is 8.12. The summed E-state index contributed by atoms with van der Waals surface area (Å²) in [7, 11) is 1.65. The van der Waals surface area contributed by atoms with Gasteiger partial charge in [-0.15, -0.1) is 0 Å². The third kappa shape index (κ3) is 3.11. The molecule has 4 saturated carbocycles. The van der Waals surface area contributed by atoms with E-state index < -0.39 is 6.17 Å². The lowest BCUT2D eigenvalue weighted by Crippen LogP contribution is -2.53. The molecule has 1 saturated heterocycles. The molecular formula is C31H32FN5O2. The molecule has 200 valence electrons. The molecule has 3 aromatic heterocycles. The average Bonchev–Trinajstić information content (AvgIpc) is 3.55. The van der Waals surface area contributed by atoms with E-state index in [2.05, 4.69) is 26.2 Å². The van der Waals surface area contributed by atoms with Crippen molar-refractivity contribution in [2.24, 2.45) is 23.7 Å². The van der Waals surface area contributed by atoms with Gasteiger partial charge in [-0.25, -0.2) is 14.4 Å². The quantitative estimate of drug-likeness (QED) is 0.328. The first-order chi connectivity index (χ1) is 19.1. The minimum absolute atomic E-state index is 0.00286. The van der Waals surface area contributed by atoms with E-state index in [0.717, 1.165) is 64.9 Å². The van der Waals surface area contributed by atoms with Gasteiger partial charge in [0.25, 0.3) is 5.91 Å². The lowest BCUT2D eigenvalue weighted by atomic mass is 9.53. The van der Waals surface area contributed by atoms with Gasteiger partial charge >= 0.3 is 0 Å². The van der Waals surface area contributed by atoms with Crippen LogP contribution in [-0.4, -0.2) is 55.8 Å². The van der Waals surface area contributed by atoms with Crippen molar-refractivity contribution in [1.82, 2.24) is 24.0 Å². The number of ether oxygens (including phenoxy) is 1. The Labute approximate surface area is 226 Å². The van der Waals surface area contributed by atoms with Gasteiger partial charge < -0.3 is 18.8 Å². The Morgan fingerprint density at radius 2 is 2.00 bits per heavy atom. The first-order valence-electron chi connectivity index (χ1n) is 14.6. The number of hydrogen-bond acceptors (Lipinski definition) is 4. The molecule has 5 fully saturated rings. The number of benzene rings is 1. The third-order valence-electron chi connectivity index (χ3n) is 10.4. The van der Waals surface area contributed by atoms with E-state index >= 15 is 0 Å². The fraction of sp³-hybridized carbons (Fsp3) is 0.516. The van der Waals surface area contributed by atoms with Crippen LogP contribution in [-0.2, 0) is 6.54 Å². The number of carbonyl (C=O) groups excluding carboxylic acids is 1. The van der Waals surface area contributed by atoms with Crippen molar-refractivity contribution >= 4 is 28.0 Å². The highest BCUT2D eigenvalue weighted by atomic mass is 19.1. The maximum absolute atomic E-state index is 14.2. The molecule has 5 aliphatic rings. The Balaban J connectivity index is 1.21. The van der Waals surface area contributed by atoms with Crippen LogP contribution < -0.4 is 4.74 Å². The molecule has 0 N–H and O–H groups in total. The summed E-state index contributed by atoms with van der Waals surface area (Å²) in [6, 6.07) is 10.4. The minimum Gasteiger partial charge on any atom is -0.494 e. The number of pyridine rings is 1. The lowest BCUT2D eigenvalue weighted by molar-refractivity contribution is -0.0204. The predicted octanol–water partition coefficient (Wildman–Crippen LogP) is 5.63. The van der Waals surface area contributed by atoms with Gasteiger partial charge in [0.05, 0.1) is 18.3 Å². The SMILES string of the molecule is COc1cc(C(=O)N2C[C@H]3CC4C[C@@H]2[C@H]43)cc2nc(-c3cc4cccnc4n3CC3CC3)n([C@H]3C[C@H](F)C3)c12. The van der Waals surface area contributed by atoms with Crippen LogP contribution in [0, 0.1) is 23.7 Å². The number of halogens is 1. The Hall–Kier alpha value is -3.42. The van der Waals surface area contributed by atoms with Crippen molar-refractivity contribution < 1.29 is 13.9 Å². The Bertz CT molecular complexity index is 1660. The largest absolute Gasteiger partial charge is 0.494 e. The van der Waals surface area contributed by atoms with Crippen LogP contribution in [0.25, 0.3) is 33.6 Å². The number of imidazole rings is 1. The third-order valence-corrected chi connectivity index (χ3v) is 10.4. The second-order valence-corrected chi connectivity index (χ2v) is 12.7. The van der Waals surface area contributed by atoms with Crippen LogP contribution in [0.5, 0.6) is 5.75 Å². The molecule has 8 heteroatoms. The number of rotatable bonds is 6. The van der Waals surface area contributed by atoms with Crippen molar-refractivity contribution in [1.29, 1.82) is 0 Å². The molecule has 0 spiro atoms. The molecule has 1 aromatic carbocycles. The highest BCUT2D eigenvalue weighted by Gasteiger charge is 2.61. The smallest absolute Gasteiger partial charge is 0.254 e. The summed E-state index contributed by atoms with van der Waals surface area (Å²) in [6.07, 6.45) is 6.85. The second kappa shape index (κ2) is 7.83. The van der Waals surface area contributed by atoms with Crippen molar-refractivity contribution in [2.75, 3.05) is 13.7 Å². The summed E-state index contributed by atoms with van der Waals surface area (Å²) >= 11 is 0. The van der Waals surface area contributed by atoms with E-state index in [1.807, 2.05) is 24.4 Å². The zero-order valence-electron chi connectivity index (χ0n) is 22.1. The second-order valence-electron chi connectivity index (χ2n) is 12.7. The molecule has 1 amide bonds. The normalized spacial score (nSPS) is 30.7. The first kappa shape index (κ1) is 22.4. The number of alkyl halides is 1. The topological polar surface area (TPSA) is 65.2 Å². The van der Waals surface area contributed by atoms with Gasteiger partial charge in [0.15, 0.2) is 5.82 Å². The van der Waals surface area contributed by atoms with Crippen molar-refractivity contribution in [3.8, 4) is 17.3 Å². The predicted molar refractivity (Wildman–Crippen MR) is 145 cm³/mol. The number of aromatic nitrogens is 4. The fourth-order valence-electron chi connectivity index (χ4n) is 8.12. The summed E-state index contributed by atoms with van der Waals surface area (Å²) in [5.74, 6) is 4.43. The minimum atomic E-state index is -0.803. The molecule has 1 aliphatic heterocycles. The van der Waals surface area contributed by atoms with Crippen LogP contribution in [0.4, 0.5) is 4.39 Å². The first-order valence-corrected chi connectivity index (χ1v) is 14.6. The van der Waals surface area contributed by atoms with E-state index in [9.17, 15) is 9.18 Å². The highest BCUT2D eigenvalue weighted by Crippen LogP contribution is 2.61. The average molecular weight is 526 g/mol. The molecule has 4 heterocycles. The zero-order chi connectivity index (χ0) is 26.0. The number of nitrogens with zero attached hydrogens (tertiary/aromatic N) is 5. The van der Waals surface area contributed by atoms with Gasteiger partial charge in [0, 0.05) is 42.3 Å². The number of fused-ring (bicyclic) bond motifs is 2. The van der Waals surface area contributed by atoms with Gasteiger partial charge in [-0.05, 0) is 92.5 Å². The molecule has 9 rings (SSSR count). The van der Waals surface area contributed by atoms with E-state index in [4.69, 9.17) is 14.7 Å². The Morgan fingerprint density at radius 1 is 1.13 bits per heavy atom. The summed E-state index contributed by atoms with van der Waals surface area (Å²) in [5.41, 5.74) is 4.18. The lowest BCUT2D eigenvalue weighted by Gasteiger charge is -2.52. The monoisotopic (exact) mass is 525 g/mol. The van der Waals surface area contributed by atoms with Gasteiger partial charge in [0.2, 0.25) is 0 Å². The molecule has 1 unspecified atom stereocenters. The van der Waals surface area contributed by atoms with E-state index in [0.29, 0.717) is 42.0 Å². The van der Waals surface area contributed by atoms with Crippen LogP contribution in [0.3, 0.4) is 0 Å². The Kier molecular flexibility index (Phi) is 4.50. The number of carbonyl (C=O) groups is 1. The van der Waals surface area contributed by atoms with Crippen molar-refractivity contribution in [3.05, 3.63) is 42.1 Å².